The van der Waals surface area contributed by atoms with Gasteiger partial charge >= 0.3 is 0 Å². The molecule has 0 nitrogen and oxygen atoms in total. The maximum absolute atomic E-state index is 1.59. The molecule has 3 aliphatic carbocycles. The summed E-state index contributed by atoms with van der Waals surface area (Å²) in [4.78, 5) is 0. The Morgan fingerprint density at radius 3 is 0.900 bits per heavy atom. The summed E-state index contributed by atoms with van der Waals surface area (Å²) >= 11 is 0. The Labute approximate surface area is 135 Å². The van der Waals surface area contributed by atoms with E-state index in [0.29, 0.717) is 0 Å². The fourth-order valence-electron chi connectivity index (χ4n) is 4.83. The highest BCUT2D eigenvalue weighted by atomic mass is 35.5. The molecule has 20 heavy (non-hydrogen) atoms. The predicted octanol–water partition coefficient (Wildman–Crippen LogP) is 2.61. The van der Waals surface area contributed by atoms with Crippen molar-refractivity contribution in [1.82, 2.24) is 0 Å². The van der Waals surface area contributed by atoms with Gasteiger partial charge in [-0.05, 0) is 87.9 Å². The smallest absolute Gasteiger partial charge is 0.118 e. The lowest BCUT2D eigenvalue weighted by Crippen LogP contribution is -3.00. The van der Waals surface area contributed by atoms with Crippen LogP contribution in [0.2, 0.25) is 0 Å². The van der Waals surface area contributed by atoms with Gasteiger partial charge in [-0.2, -0.15) is 0 Å². The summed E-state index contributed by atoms with van der Waals surface area (Å²) in [5, 5.41) is 3.46. The molecule has 0 spiro atoms. The zero-order valence-electron chi connectivity index (χ0n) is 13.1. The number of rotatable bonds is 3. The van der Waals surface area contributed by atoms with E-state index in [9.17, 15) is 0 Å². The Bertz CT molecular complexity index is 207. The summed E-state index contributed by atoms with van der Waals surface area (Å²) in [7, 11) is 0.816. The normalized spacial score (nSPS) is 27.4. The average Bonchev–Trinajstić information content (AvgIpc) is 2.51. The summed E-state index contributed by atoms with van der Waals surface area (Å²) in [5.41, 5.74) is 0. The van der Waals surface area contributed by atoms with Gasteiger partial charge < -0.3 is 12.4 Å². The summed E-state index contributed by atoms with van der Waals surface area (Å²) in [6.45, 7) is 0. The van der Waals surface area contributed by atoms with Crippen LogP contribution < -0.4 is 12.4 Å². The summed E-state index contributed by atoms with van der Waals surface area (Å²) < 4.78 is 0. The minimum atomic E-state index is 0. The van der Waals surface area contributed by atoms with Gasteiger partial charge in [-0.1, -0.05) is 19.3 Å². The molecule has 0 aromatic carbocycles. The predicted molar refractivity (Wildman–Crippen MR) is 88.0 cm³/mol. The van der Waals surface area contributed by atoms with Gasteiger partial charge in [-0.25, -0.2) is 0 Å². The van der Waals surface area contributed by atoms with Crippen molar-refractivity contribution >= 4 is 10.9 Å². The van der Waals surface area contributed by atoms with Crippen molar-refractivity contribution in [3.05, 3.63) is 0 Å². The molecule has 0 aromatic heterocycles. The number of hydrogen-bond donors (Lipinski definition) is 0. The van der Waals surface area contributed by atoms with Crippen molar-refractivity contribution in [3.8, 4) is 0 Å². The highest BCUT2D eigenvalue weighted by Gasteiger charge is 2.45. The van der Waals surface area contributed by atoms with Gasteiger partial charge in [0.1, 0.15) is 15.7 Å². The highest BCUT2D eigenvalue weighted by molar-refractivity contribution is 7.98. The molecule has 0 radical (unpaired) electrons. The van der Waals surface area contributed by atoms with E-state index >= 15 is 0 Å². The Hall–Kier alpha value is 0.640. The minimum absolute atomic E-state index is 0. The third kappa shape index (κ3) is 4.32. The first kappa shape index (κ1) is 17.0. The van der Waals surface area contributed by atoms with E-state index in [-0.39, 0.29) is 12.4 Å². The van der Waals surface area contributed by atoms with Gasteiger partial charge in [0.2, 0.25) is 0 Å². The fourth-order valence-corrected chi connectivity index (χ4v) is 9.09. The van der Waals surface area contributed by atoms with Gasteiger partial charge in [-0.3, -0.25) is 0 Å². The molecule has 3 saturated carbocycles. The Morgan fingerprint density at radius 1 is 0.400 bits per heavy atom. The van der Waals surface area contributed by atoms with Crippen LogP contribution >= 0.6 is 0 Å². The standard InChI is InChI=1S/C18H33S.ClH/c1-4-10-16(11-5-1)19(17-12-6-2-7-13-17)18-14-8-3-9-15-18;/h16-18H,1-15H2;1H/q+1;/p-1. The maximum atomic E-state index is 1.59. The molecule has 3 rings (SSSR count). The van der Waals surface area contributed by atoms with Crippen LogP contribution in [-0.2, 0) is 10.9 Å². The molecular formula is C18H33ClS. The van der Waals surface area contributed by atoms with E-state index in [4.69, 9.17) is 0 Å². The Morgan fingerprint density at radius 2 is 0.650 bits per heavy atom. The average molecular weight is 317 g/mol. The topological polar surface area (TPSA) is 0 Å². The van der Waals surface area contributed by atoms with Crippen LogP contribution in [0.5, 0.6) is 0 Å². The second kappa shape index (κ2) is 8.93. The summed E-state index contributed by atoms with van der Waals surface area (Å²) in [6.07, 6.45) is 23.4. The molecule has 118 valence electrons. The number of hydrogen-bond acceptors (Lipinski definition) is 0. The molecule has 2 heteroatoms. The molecule has 0 saturated heterocycles. The number of halogens is 1. The highest BCUT2D eigenvalue weighted by Crippen LogP contribution is 2.40. The van der Waals surface area contributed by atoms with Crippen molar-refractivity contribution in [2.75, 3.05) is 0 Å². The van der Waals surface area contributed by atoms with Gasteiger partial charge in [-0.15, -0.1) is 0 Å². The molecule has 0 N–H and O–H groups in total. The van der Waals surface area contributed by atoms with E-state index in [1.54, 1.807) is 77.0 Å². The molecular weight excluding hydrogens is 284 g/mol. The second-order valence-electron chi connectivity index (χ2n) is 7.19. The van der Waals surface area contributed by atoms with Gasteiger partial charge in [0.05, 0.1) is 0 Å². The third-order valence-electron chi connectivity index (χ3n) is 5.81. The van der Waals surface area contributed by atoms with E-state index in [1.807, 2.05) is 0 Å². The Kier molecular flexibility index (Phi) is 7.59. The van der Waals surface area contributed by atoms with Crippen molar-refractivity contribution < 1.29 is 12.4 Å². The van der Waals surface area contributed by atoms with Crippen molar-refractivity contribution in [2.24, 2.45) is 0 Å². The first-order valence-corrected chi connectivity index (χ1v) is 10.6. The first-order valence-electron chi connectivity index (χ1n) is 9.16. The molecule has 3 aliphatic rings. The van der Waals surface area contributed by atoms with Crippen molar-refractivity contribution in [1.29, 1.82) is 0 Å². The zero-order valence-corrected chi connectivity index (χ0v) is 14.7. The second-order valence-corrected chi connectivity index (χ2v) is 10.0. The molecule has 0 amide bonds. The van der Waals surface area contributed by atoms with Crippen LogP contribution in [0.1, 0.15) is 96.3 Å². The SMILES string of the molecule is C1CCC([S+](C2CCCCC2)C2CCCCC2)CC1.[Cl-]. The van der Waals surface area contributed by atoms with E-state index in [2.05, 4.69) is 0 Å². The van der Waals surface area contributed by atoms with Crippen molar-refractivity contribution in [2.45, 2.75) is 112 Å². The molecule has 0 atom stereocenters. The van der Waals surface area contributed by atoms with Crippen LogP contribution in [0.3, 0.4) is 0 Å². The quantitative estimate of drug-likeness (QED) is 0.702. The molecule has 0 aromatic rings. The lowest BCUT2D eigenvalue weighted by Gasteiger charge is -2.36. The van der Waals surface area contributed by atoms with Crippen LogP contribution in [0.4, 0.5) is 0 Å². The summed E-state index contributed by atoms with van der Waals surface area (Å²) in [6, 6.07) is 0. The van der Waals surface area contributed by atoms with Gasteiger partial charge in [0.25, 0.3) is 0 Å². The van der Waals surface area contributed by atoms with Crippen molar-refractivity contribution in [3.63, 3.8) is 0 Å². The lowest BCUT2D eigenvalue weighted by molar-refractivity contribution is -0.00000399. The van der Waals surface area contributed by atoms with Gasteiger partial charge in [0.15, 0.2) is 0 Å². The van der Waals surface area contributed by atoms with E-state index < -0.39 is 0 Å². The molecule has 0 heterocycles. The third-order valence-corrected chi connectivity index (χ3v) is 9.53. The Balaban J connectivity index is 0.00000147. The molecule has 0 aliphatic heterocycles. The minimum Gasteiger partial charge on any atom is -1.00 e. The zero-order chi connectivity index (χ0) is 12.9. The molecule has 0 unspecified atom stereocenters. The van der Waals surface area contributed by atoms with Crippen LogP contribution in [0.15, 0.2) is 0 Å². The monoisotopic (exact) mass is 316 g/mol. The van der Waals surface area contributed by atoms with Crippen LogP contribution in [-0.4, -0.2) is 15.7 Å². The van der Waals surface area contributed by atoms with Crippen LogP contribution in [0.25, 0.3) is 0 Å². The molecule has 0 bridgehead atoms. The first-order chi connectivity index (χ1) is 9.45. The van der Waals surface area contributed by atoms with Gasteiger partial charge in [0, 0.05) is 0 Å². The fraction of sp³-hybridized carbons (Fsp3) is 1.00. The molecule has 3 fully saturated rings. The van der Waals surface area contributed by atoms with E-state index in [0.717, 1.165) is 26.6 Å². The van der Waals surface area contributed by atoms with Crippen LogP contribution in [0, 0.1) is 0 Å². The maximum Gasteiger partial charge on any atom is 0.118 e. The lowest BCUT2D eigenvalue weighted by atomic mass is 9.99. The largest absolute Gasteiger partial charge is 1.00 e. The van der Waals surface area contributed by atoms with E-state index in [1.165, 1.54) is 19.3 Å². The summed E-state index contributed by atoms with van der Waals surface area (Å²) in [5.74, 6) is 0.